The van der Waals surface area contributed by atoms with Crippen molar-refractivity contribution in [1.29, 1.82) is 0 Å². The van der Waals surface area contributed by atoms with Crippen molar-refractivity contribution in [3.63, 3.8) is 0 Å². The Morgan fingerprint density at radius 1 is 0.476 bits per heavy atom. The van der Waals surface area contributed by atoms with Crippen molar-refractivity contribution in [3.8, 4) is 0 Å². The van der Waals surface area contributed by atoms with E-state index in [1.807, 2.05) is 0 Å². The topological polar surface area (TPSA) is 31.5 Å². The molecule has 0 aromatic heterocycles. The van der Waals surface area contributed by atoms with Gasteiger partial charge < -0.3 is 8.33 Å². The Balaban J connectivity index is 0. The minimum atomic E-state index is -0.446. The van der Waals surface area contributed by atoms with Crippen molar-refractivity contribution in [1.82, 2.24) is 0 Å². The fourth-order valence-electron chi connectivity index (χ4n) is 2.18. The first-order chi connectivity index (χ1) is 9.45. The Kier molecular flexibility index (Phi) is 7.62. The van der Waals surface area contributed by atoms with Gasteiger partial charge in [0.1, 0.15) is 0 Å². The molecule has 0 spiro atoms. The van der Waals surface area contributed by atoms with Crippen LogP contribution in [0.2, 0.25) is 0 Å². The van der Waals surface area contributed by atoms with Gasteiger partial charge >= 0.3 is 23.1 Å². The molecule has 0 saturated heterocycles. The summed E-state index contributed by atoms with van der Waals surface area (Å²) in [5, 5.41) is 4.19. The summed E-state index contributed by atoms with van der Waals surface area (Å²) in [6.07, 6.45) is 0. The molecule has 21 heavy (non-hydrogen) atoms. The fraction of sp³-hybridized carbons (Fsp3) is 0. The van der Waals surface area contributed by atoms with E-state index < -0.39 is 7.92 Å². The maximum Gasteiger partial charge on any atom is 2.00 e. The van der Waals surface area contributed by atoms with Crippen LogP contribution in [-0.2, 0) is 0 Å². The standard InChI is InChI=1S/C18H15P.Mg.H2O.2H/c1-4-10-16(11-5-1)19(17-12-6-2-7-13-17)18-14-8-3-9-15-18;;;;/h1-15H;;1H2;;/q;+2;;2*-1. The van der Waals surface area contributed by atoms with Crippen molar-refractivity contribution in [3.05, 3.63) is 91.0 Å². The van der Waals surface area contributed by atoms with Crippen LogP contribution in [0, 0.1) is 0 Å². The molecule has 0 aliphatic heterocycles. The van der Waals surface area contributed by atoms with Crippen molar-refractivity contribution in [2.24, 2.45) is 0 Å². The van der Waals surface area contributed by atoms with Gasteiger partial charge in [-0.2, -0.15) is 0 Å². The molecule has 0 aliphatic rings. The second-order valence-electron chi connectivity index (χ2n) is 4.34. The molecule has 3 aromatic carbocycles. The molecule has 2 N–H and O–H groups in total. The molecule has 104 valence electrons. The molecule has 0 saturated carbocycles. The van der Waals surface area contributed by atoms with Gasteiger partial charge in [-0.1, -0.05) is 91.0 Å². The van der Waals surface area contributed by atoms with Crippen LogP contribution in [0.15, 0.2) is 91.0 Å². The summed E-state index contributed by atoms with van der Waals surface area (Å²) in [5.41, 5.74) is 0. The minimum Gasteiger partial charge on any atom is -1.00 e. The van der Waals surface area contributed by atoms with Gasteiger partial charge in [-0.25, -0.2) is 0 Å². The normalized spacial score (nSPS) is 9.57. The Bertz CT molecular complexity index is 545. The number of benzene rings is 3. The van der Waals surface area contributed by atoms with Crippen LogP contribution in [0.3, 0.4) is 0 Å². The predicted molar refractivity (Wildman–Crippen MR) is 96.7 cm³/mol. The molecule has 0 radical (unpaired) electrons. The quantitative estimate of drug-likeness (QED) is 0.526. The zero-order valence-electron chi connectivity index (χ0n) is 13.8. The SMILES string of the molecule is O.[H-].[H-].[Mg+2].c1ccc(P(c2ccccc2)c2ccccc2)cc1. The van der Waals surface area contributed by atoms with Crippen LogP contribution in [0.5, 0.6) is 0 Å². The van der Waals surface area contributed by atoms with Crippen LogP contribution < -0.4 is 15.9 Å². The van der Waals surface area contributed by atoms with Crippen molar-refractivity contribution >= 4 is 46.9 Å². The molecule has 0 atom stereocenters. The summed E-state index contributed by atoms with van der Waals surface area (Å²) < 4.78 is 0. The third-order valence-corrected chi connectivity index (χ3v) is 5.49. The first-order valence-corrected chi connectivity index (χ1v) is 7.74. The van der Waals surface area contributed by atoms with Crippen LogP contribution in [0.1, 0.15) is 2.85 Å². The van der Waals surface area contributed by atoms with Gasteiger partial charge in [0, 0.05) is 0 Å². The average molecular weight is 307 g/mol. The van der Waals surface area contributed by atoms with Gasteiger partial charge in [0.25, 0.3) is 0 Å². The first kappa shape index (κ1) is 17.9. The minimum absolute atomic E-state index is 0. The molecule has 3 heteroatoms. The van der Waals surface area contributed by atoms with E-state index in [1.54, 1.807) is 0 Å². The Labute approximate surface area is 146 Å². The largest absolute Gasteiger partial charge is 2.00 e. The zero-order chi connectivity index (χ0) is 12.9. The number of hydrogen-bond acceptors (Lipinski definition) is 0. The summed E-state index contributed by atoms with van der Waals surface area (Å²) >= 11 is 0. The van der Waals surface area contributed by atoms with E-state index in [0.29, 0.717) is 0 Å². The molecule has 3 aromatic rings. The van der Waals surface area contributed by atoms with E-state index in [1.165, 1.54) is 15.9 Å². The van der Waals surface area contributed by atoms with Gasteiger partial charge in [0.15, 0.2) is 0 Å². The monoisotopic (exact) mass is 306 g/mol. The van der Waals surface area contributed by atoms with Crippen molar-refractivity contribution in [2.45, 2.75) is 0 Å². The molecule has 0 bridgehead atoms. The summed E-state index contributed by atoms with van der Waals surface area (Å²) in [4.78, 5) is 0. The van der Waals surface area contributed by atoms with E-state index in [2.05, 4.69) is 91.0 Å². The summed E-state index contributed by atoms with van der Waals surface area (Å²) in [7, 11) is -0.446. The van der Waals surface area contributed by atoms with Crippen LogP contribution in [0.25, 0.3) is 0 Å². The maximum atomic E-state index is 2.23. The first-order valence-electron chi connectivity index (χ1n) is 6.40. The Morgan fingerprint density at radius 2 is 0.714 bits per heavy atom. The maximum absolute atomic E-state index is 2.23. The summed E-state index contributed by atoms with van der Waals surface area (Å²) in [6, 6.07) is 32.3. The number of rotatable bonds is 3. The van der Waals surface area contributed by atoms with Crippen LogP contribution in [0.4, 0.5) is 0 Å². The van der Waals surface area contributed by atoms with E-state index >= 15 is 0 Å². The molecular formula is C18H19MgOP. The van der Waals surface area contributed by atoms with Crippen LogP contribution in [-0.4, -0.2) is 28.5 Å². The van der Waals surface area contributed by atoms with Gasteiger partial charge in [-0.3, -0.25) is 0 Å². The third kappa shape index (κ3) is 4.39. The van der Waals surface area contributed by atoms with E-state index in [9.17, 15) is 0 Å². The molecule has 0 unspecified atom stereocenters. The van der Waals surface area contributed by atoms with Gasteiger partial charge in [-0.15, -0.1) is 0 Å². The van der Waals surface area contributed by atoms with E-state index in [4.69, 9.17) is 0 Å². The average Bonchev–Trinajstić information content (AvgIpc) is 2.51. The van der Waals surface area contributed by atoms with Gasteiger partial charge in [0.2, 0.25) is 0 Å². The van der Waals surface area contributed by atoms with E-state index in [-0.39, 0.29) is 31.4 Å². The summed E-state index contributed by atoms with van der Waals surface area (Å²) in [6.45, 7) is 0. The predicted octanol–water partition coefficient (Wildman–Crippen LogP) is 2.46. The van der Waals surface area contributed by atoms with E-state index in [0.717, 1.165) is 0 Å². The smallest absolute Gasteiger partial charge is 1.00 e. The summed E-state index contributed by atoms with van der Waals surface area (Å²) in [5.74, 6) is 0. The van der Waals surface area contributed by atoms with Gasteiger partial charge in [0.05, 0.1) is 0 Å². The van der Waals surface area contributed by atoms with Crippen LogP contribution >= 0.6 is 7.92 Å². The Hall–Kier alpha value is -1.18. The zero-order valence-corrected chi connectivity index (χ0v) is 14.1. The molecule has 0 amide bonds. The molecule has 0 heterocycles. The fourth-order valence-corrected chi connectivity index (χ4v) is 4.48. The molecule has 0 fully saturated rings. The molecule has 1 nitrogen and oxygen atoms in total. The Morgan fingerprint density at radius 3 is 0.952 bits per heavy atom. The second kappa shape index (κ2) is 8.96. The van der Waals surface area contributed by atoms with Crippen molar-refractivity contribution in [2.75, 3.05) is 0 Å². The van der Waals surface area contributed by atoms with Gasteiger partial charge in [-0.05, 0) is 23.8 Å². The molecular weight excluding hydrogens is 287 g/mol. The molecule has 0 aliphatic carbocycles. The second-order valence-corrected chi connectivity index (χ2v) is 6.56. The molecule has 3 rings (SSSR count). The number of hydrogen-bond donors (Lipinski definition) is 0. The third-order valence-electron chi connectivity index (χ3n) is 3.04. The van der Waals surface area contributed by atoms with Crippen molar-refractivity contribution < 1.29 is 8.33 Å².